The molecular formula is C33H27FN4O2S. The van der Waals surface area contributed by atoms with Crippen molar-refractivity contribution in [1.29, 1.82) is 0 Å². The maximum atomic E-state index is 15.9. The zero-order valence-electron chi connectivity index (χ0n) is 22.5. The Morgan fingerprint density at radius 1 is 1.10 bits per heavy atom. The third kappa shape index (κ3) is 3.93. The summed E-state index contributed by atoms with van der Waals surface area (Å²) in [7, 11) is 2.14. The first-order valence-electron chi connectivity index (χ1n) is 14.0. The highest BCUT2D eigenvalue weighted by Crippen LogP contribution is 2.47. The Morgan fingerprint density at radius 2 is 1.90 bits per heavy atom. The molecule has 4 heterocycles. The number of rotatable bonds is 5. The summed E-state index contributed by atoms with van der Waals surface area (Å²) in [6.07, 6.45) is 5.08. The van der Waals surface area contributed by atoms with Crippen LogP contribution in [0.2, 0.25) is 0 Å². The minimum Gasteiger partial charge on any atom is -0.451 e. The Labute approximate surface area is 239 Å². The largest absolute Gasteiger partial charge is 0.451 e. The van der Waals surface area contributed by atoms with E-state index < -0.39 is 5.82 Å². The van der Waals surface area contributed by atoms with Crippen molar-refractivity contribution < 1.29 is 9.13 Å². The molecule has 204 valence electrons. The molecule has 0 bridgehead atoms. The normalized spacial score (nSPS) is 16.4. The van der Waals surface area contributed by atoms with Crippen molar-refractivity contribution >= 4 is 48.9 Å². The summed E-state index contributed by atoms with van der Waals surface area (Å²) in [5, 5.41) is 6.29. The molecule has 1 atom stereocenters. The average molecular weight is 563 g/mol. The van der Waals surface area contributed by atoms with Crippen LogP contribution in [-0.4, -0.2) is 40.6 Å². The number of para-hydroxylation sites is 1. The van der Waals surface area contributed by atoms with E-state index in [1.165, 1.54) is 23.8 Å². The third-order valence-electron chi connectivity index (χ3n) is 8.47. The van der Waals surface area contributed by atoms with Gasteiger partial charge in [-0.05, 0) is 74.0 Å². The Bertz CT molecular complexity index is 2030. The van der Waals surface area contributed by atoms with Crippen LogP contribution < -0.4 is 15.5 Å². The number of pyridine rings is 1. The summed E-state index contributed by atoms with van der Waals surface area (Å²) in [6, 6.07) is 21.8. The molecule has 41 heavy (non-hydrogen) atoms. The highest BCUT2D eigenvalue weighted by atomic mass is 32.1. The van der Waals surface area contributed by atoms with Gasteiger partial charge in [-0.3, -0.25) is 4.79 Å². The van der Waals surface area contributed by atoms with E-state index in [4.69, 9.17) is 9.72 Å². The topological polar surface area (TPSA) is 59.4 Å². The molecule has 1 saturated heterocycles. The molecule has 1 N–H and O–H groups in total. The van der Waals surface area contributed by atoms with Crippen molar-refractivity contribution in [2.45, 2.75) is 25.3 Å². The second kappa shape index (κ2) is 9.39. The van der Waals surface area contributed by atoms with E-state index in [9.17, 15) is 4.79 Å². The Kier molecular flexibility index (Phi) is 5.62. The van der Waals surface area contributed by atoms with Crippen LogP contribution in [0.1, 0.15) is 19.3 Å². The number of ether oxygens (including phenoxy) is 1. The van der Waals surface area contributed by atoms with E-state index >= 15 is 4.39 Å². The number of thiazole rings is 1. The van der Waals surface area contributed by atoms with Gasteiger partial charge in [-0.15, -0.1) is 11.3 Å². The van der Waals surface area contributed by atoms with Gasteiger partial charge >= 0.3 is 0 Å². The minimum absolute atomic E-state index is 0.262. The summed E-state index contributed by atoms with van der Waals surface area (Å²) in [5.41, 5.74) is 2.66. The fourth-order valence-corrected chi connectivity index (χ4v) is 7.29. The van der Waals surface area contributed by atoms with Gasteiger partial charge in [0, 0.05) is 18.8 Å². The van der Waals surface area contributed by atoms with Crippen molar-refractivity contribution in [3.05, 3.63) is 89.0 Å². The zero-order valence-corrected chi connectivity index (χ0v) is 23.3. The summed E-state index contributed by atoms with van der Waals surface area (Å²) in [6.45, 7) is 1.70. The fraction of sp³-hybridized carbons (Fsp3) is 0.212. The van der Waals surface area contributed by atoms with Crippen molar-refractivity contribution in [2.75, 3.05) is 25.5 Å². The van der Waals surface area contributed by atoms with Crippen LogP contribution >= 0.6 is 11.3 Å². The van der Waals surface area contributed by atoms with Crippen LogP contribution in [0, 0.1) is 5.82 Å². The number of nitrogens with zero attached hydrogens (tertiary/aromatic N) is 3. The van der Waals surface area contributed by atoms with E-state index in [1.807, 2.05) is 59.3 Å². The number of aromatic nitrogens is 2. The molecule has 8 rings (SSSR count). The molecule has 0 aliphatic carbocycles. The Hall–Kier alpha value is -4.27. The lowest BCUT2D eigenvalue weighted by Crippen LogP contribution is -2.27. The first-order valence-corrected chi connectivity index (χ1v) is 14.8. The van der Waals surface area contributed by atoms with Gasteiger partial charge in [-0.1, -0.05) is 36.4 Å². The quantitative estimate of drug-likeness (QED) is 0.235. The molecule has 2 aromatic heterocycles. The van der Waals surface area contributed by atoms with Gasteiger partial charge in [0.1, 0.15) is 16.2 Å². The van der Waals surface area contributed by atoms with Gasteiger partial charge in [-0.2, -0.15) is 0 Å². The van der Waals surface area contributed by atoms with Gasteiger partial charge in [0.2, 0.25) is 0 Å². The molecule has 0 amide bonds. The van der Waals surface area contributed by atoms with Crippen molar-refractivity contribution in [2.24, 2.45) is 0 Å². The van der Waals surface area contributed by atoms with Gasteiger partial charge in [0.05, 0.1) is 26.9 Å². The molecule has 4 aromatic carbocycles. The molecule has 1 fully saturated rings. The summed E-state index contributed by atoms with van der Waals surface area (Å²) in [4.78, 5) is 21.1. The number of nitrogens with one attached hydrogen (secondary N) is 1. The molecule has 0 saturated carbocycles. The monoisotopic (exact) mass is 562 g/mol. The molecule has 0 radical (unpaired) electrons. The van der Waals surface area contributed by atoms with Crippen LogP contribution in [0.5, 0.6) is 11.5 Å². The number of likely N-dealkylation sites (tertiary alicyclic amines) is 1. The van der Waals surface area contributed by atoms with Gasteiger partial charge < -0.3 is 19.5 Å². The highest BCUT2D eigenvalue weighted by molar-refractivity contribution is 7.21. The Morgan fingerprint density at radius 3 is 2.71 bits per heavy atom. The maximum Gasteiger partial charge on any atom is 0.199 e. The van der Waals surface area contributed by atoms with Crippen LogP contribution in [0.25, 0.3) is 48.2 Å². The molecule has 2 aliphatic rings. The van der Waals surface area contributed by atoms with Crippen molar-refractivity contribution in [3.63, 3.8) is 0 Å². The fourth-order valence-electron chi connectivity index (χ4n) is 6.32. The first kappa shape index (κ1) is 24.5. The lowest BCUT2D eigenvalue weighted by molar-refractivity contribution is 0.301. The predicted molar refractivity (Wildman–Crippen MR) is 164 cm³/mol. The molecule has 6 nitrogen and oxygen atoms in total. The lowest BCUT2D eigenvalue weighted by atomic mass is 10.0. The third-order valence-corrected chi connectivity index (χ3v) is 9.54. The smallest absolute Gasteiger partial charge is 0.199 e. The maximum absolute atomic E-state index is 15.9. The van der Waals surface area contributed by atoms with E-state index in [1.54, 1.807) is 0 Å². The van der Waals surface area contributed by atoms with Crippen molar-refractivity contribution in [1.82, 2.24) is 14.5 Å². The molecule has 0 spiro atoms. The summed E-state index contributed by atoms with van der Waals surface area (Å²) in [5.74, 6) is 0.456. The van der Waals surface area contributed by atoms with E-state index in [0.717, 1.165) is 46.1 Å². The average Bonchev–Trinajstić information content (AvgIpc) is 3.60. The standard InChI is InChI=1S/C33H27FN4O2S/c1-37-14-6-9-21(37)12-13-35-29-24(34)17-22-30-32(29)40-27-16-20-8-3-2-7-19(20)15-26(27)38(30)18-23(31(22)39)33-36-25-10-4-5-11-28(25)41-33/h2-5,7-8,10-11,15-18,21,35H,6,9,12-14H2,1H3. The number of hydrogen-bond acceptors (Lipinski definition) is 6. The highest BCUT2D eigenvalue weighted by Gasteiger charge is 2.29. The predicted octanol–water partition coefficient (Wildman–Crippen LogP) is 7.56. The molecular weight excluding hydrogens is 535 g/mol. The number of halogens is 1. The molecule has 8 heteroatoms. The number of hydrogen-bond donors (Lipinski definition) is 1. The minimum atomic E-state index is -0.499. The van der Waals surface area contributed by atoms with Crippen LogP contribution in [-0.2, 0) is 0 Å². The Balaban J connectivity index is 1.34. The lowest BCUT2D eigenvalue weighted by Gasteiger charge is -2.27. The molecule has 2 aliphatic heterocycles. The van der Waals surface area contributed by atoms with E-state index in [-0.39, 0.29) is 16.5 Å². The number of benzene rings is 4. The second-order valence-electron chi connectivity index (χ2n) is 10.9. The summed E-state index contributed by atoms with van der Waals surface area (Å²) < 4.78 is 25.3. The van der Waals surface area contributed by atoms with Crippen molar-refractivity contribution in [3.8, 4) is 27.8 Å². The van der Waals surface area contributed by atoms with Gasteiger partial charge in [0.15, 0.2) is 22.7 Å². The van der Waals surface area contributed by atoms with Crippen LogP contribution in [0.4, 0.5) is 10.1 Å². The second-order valence-corrected chi connectivity index (χ2v) is 12.0. The van der Waals surface area contributed by atoms with Gasteiger partial charge in [0.25, 0.3) is 0 Å². The van der Waals surface area contributed by atoms with E-state index in [2.05, 4.69) is 29.4 Å². The van der Waals surface area contributed by atoms with Crippen LogP contribution in [0.15, 0.2) is 77.7 Å². The van der Waals surface area contributed by atoms with Crippen LogP contribution in [0.3, 0.4) is 0 Å². The molecule has 1 unspecified atom stereocenters. The zero-order chi connectivity index (χ0) is 27.7. The molecule has 6 aromatic rings. The van der Waals surface area contributed by atoms with E-state index in [0.29, 0.717) is 40.2 Å². The number of fused-ring (bicyclic) bond motifs is 4. The number of anilines is 1. The summed E-state index contributed by atoms with van der Waals surface area (Å²) >= 11 is 1.46. The SMILES string of the molecule is CN1CCCC1CCNc1c(F)cc2c(=O)c(-c3nc4ccccc4s3)cn3c2c1Oc1cc2ccccc2cc1-3. The first-order chi connectivity index (χ1) is 20.0. The van der Waals surface area contributed by atoms with Gasteiger partial charge in [-0.25, -0.2) is 9.37 Å².